The van der Waals surface area contributed by atoms with Crippen molar-refractivity contribution in [3.63, 3.8) is 0 Å². The van der Waals surface area contributed by atoms with Gasteiger partial charge in [-0.2, -0.15) is 61.7 Å². The van der Waals surface area contributed by atoms with Gasteiger partial charge in [0.05, 0.1) is 11.1 Å². The number of phenols is 2. The smallest absolute Gasteiger partial charge is 0.507 e. The first kappa shape index (κ1) is 38.2. The Balaban J connectivity index is 0.000000518. The molecule has 0 saturated heterocycles. The van der Waals surface area contributed by atoms with Crippen molar-refractivity contribution in [3.05, 3.63) is 119 Å². The van der Waals surface area contributed by atoms with E-state index >= 15 is 0 Å². The first-order valence-electron chi connectivity index (χ1n) is 13.0. The molecule has 0 heterocycles. The van der Waals surface area contributed by atoms with Crippen LogP contribution in [0.25, 0.3) is 0 Å². The second-order valence-corrected chi connectivity index (χ2v) is 8.82. The largest absolute Gasteiger partial charge is 2.00 e. The zero-order valence-electron chi connectivity index (χ0n) is 23.1. The van der Waals surface area contributed by atoms with Gasteiger partial charge >= 0.3 is 38.6 Å². The molecule has 4 aromatic rings. The molecular formula is C32H36F6O2Zr. The predicted molar refractivity (Wildman–Crippen MR) is 148 cm³/mol. The zero-order chi connectivity index (χ0) is 30.0. The molecule has 0 unspecified atom stereocenters. The molecule has 0 amide bonds. The van der Waals surface area contributed by atoms with E-state index in [-0.39, 0.29) is 26.2 Å². The van der Waals surface area contributed by atoms with Crippen molar-refractivity contribution < 1.29 is 62.8 Å². The standard InChI is InChI=1S/2C9H13.2C7H5F3O.Zr/c2*1-2-3-6-9-7-4-5-8-9;2*8-7(9,10)5-3-1-2-4-6(5)11;/h2*4-5,7-8H,2-3,6H2,1H3;2*1-4,11H;/q2*-1;;;+2. The molecule has 0 aliphatic heterocycles. The molecule has 0 saturated carbocycles. The Kier molecular flexibility index (Phi) is 18.8. The average Bonchev–Trinajstić information content (AvgIpc) is 3.61. The van der Waals surface area contributed by atoms with Crippen LogP contribution in [0.4, 0.5) is 26.3 Å². The summed E-state index contributed by atoms with van der Waals surface area (Å²) in [6.07, 6.45) is -1.19. The van der Waals surface area contributed by atoms with E-state index in [1.807, 2.05) is 0 Å². The van der Waals surface area contributed by atoms with Crippen LogP contribution >= 0.6 is 0 Å². The number of alkyl halides is 6. The number of phenolic OH excluding ortho intramolecular Hbond substituents is 2. The van der Waals surface area contributed by atoms with Crippen LogP contribution in [0.15, 0.2) is 97.1 Å². The maximum atomic E-state index is 11.9. The number of hydrogen-bond donors (Lipinski definition) is 2. The second-order valence-electron chi connectivity index (χ2n) is 8.82. The molecule has 0 spiro atoms. The molecule has 222 valence electrons. The van der Waals surface area contributed by atoms with E-state index in [1.54, 1.807) is 0 Å². The SMILES string of the molecule is CCCC[c-]1cccc1.CCCC[c-]1cccc1.Oc1ccccc1C(F)(F)F.Oc1ccccc1C(F)(F)F.[Zr+2]. The van der Waals surface area contributed by atoms with E-state index in [1.165, 1.54) is 73.9 Å². The monoisotopic (exact) mass is 656 g/mol. The van der Waals surface area contributed by atoms with E-state index in [0.717, 1.165) is 24.3 Å². The van der Waals surface area contributed by atoms with E-state index < -0.39 is 35.0 Å². The molecule has 0 fully saturated rings. The van der Waals surface area contributed by atoms with Crippen LogP contribution in [0.5, 0.6) is 11.5 Å². The van der Waals surface area contributed by atoms with Gasteiger partial charge in [-0.1, -0.05) is 76.6 Å². The van der Waals surface area contributed by atoms with Crippen LogP contribution in [0, 0.1) is 0 Å². The van der Waals surface area contributed by atoms with Crippen molar-refractivity contribution in [2.45, 2.75) is 64.7 Å². The summed E-state index contributed by atoms with van der Waals surface area (Å²) in [5.74, 6) is -1.47. The van der Waals surface area contributed by atoms with Crippen LogP contribution in [0.1, 0.15) is 61.8 Å². The Labute approximate surface area is 257 Å². The van der Waals surface area contributed by atoms with Crippen molar-refractivity contribution in [2.75, 3.05) is 0 Å². The van der Waals surface area contributed by atoms with Gasteiger partial charge in [0.2, 0.25) is 0 Å². The van der Waals surface area contributed by atoms with E-state index in [9.17, 15) is 26.3 Å². The fourth-order valence-electron chi connectivity index (χ4n) is 3.35. The number of benzene rings is 2. The molecule has 0 radical (unpaired) electrons. The molecule has 41 heavy (non-hydrogen) atoms. The minimum atomic E-state index is -4.47. The Morgan fingerprint density at radius 1 is 0.537 bits per heavy atom. The van der Waals surface area contributed by atoms with Gasteiger partial charge in [0.25, 0.3) is 0 Å². The number of aryl methyl sites for hydroxylation is 2. The van der Waals surface area contributed by atoms with Gasteiger partial charge in [-0.05, 0) is 24.3 Å². The predicted octanol–water partition coefficient (Wildman–Crippen LogP) is 10.3. The van der Waals surface area contributed by atoms with E-state index in [0.29, 0.717) is 0 Å². The number of aromatic hydroxyl groups is 2. The molecule has 0 aliphatic rings. The summed E-state index contributed by atoms with van der Waals surface area (Å²) in [5.41, 5.74) is 0.966. The van der Waals surface area contributed by atoms with Crippen molar-refractivity contribution in [1.29, 1.82) is 0 Å². The van der Waals surface area contributed by atoms with Crippen molar-refractivity contribution >= 4 is 0 Å². The Hall–Kier alpha value is -2.80. The van der Waals surface area contributed by atoms with Crippen molar-refractivity contribution in [3.8, 4) is 11.5 Å². The molecule has 0 aliphatic carbocycles. The summed E-state index contributed by atoms with van der Waals surface area (Å²) in [6, 6.07) is 26.0. The third-order valence-corrected chi connectivity index (χ3v) is 5.52. The van der Waals surface area contributed by atoms with Gasteiger partial charge in [-0.3, -0.25) is 0 Å². The summed E-state index contributed by atoms with van der Waals surface area (Å²) >= 11 is 0. The second kappa shape index (κ2) is 20.1. The Bertz CT molecular complexity index is 1070. The van der Waals surface area contributed by atoms with Gasteiger partial charge in [-0.15, -0.1) is 0 Å². The maximum Gasteiger partial charge on any atom is 2.00 e. The summed E-state index contributed by atoms with van der Waals surface area (Å²) in [7, 11) is 0. The third kappa shape index (κ3) is 16.3. The normalized spacial score (nSPS) is 10.5. The molecule has 0 atom stereocenters. The van der Waals surface area contributed by atoms with Gasteiger partial charge in [0.1, 0.15) is 11.5 Å². The van der Waals surface area contributed by atoms with Gasteiger partial charge in [0.15, 0.2) is 0 Å². The fraction of sp³-hybridized carbons (Fsp3) is 0.312. The third-order valence-electron chi connectivity index (χ3n) is 5.52. The average molecular weight is 658 g/mol. The first-order chi connectivity index (χ1) is 18.9. The van der Waals surface area contributed by atoms with Gasteiger partial charge < -0.3 is 10.2 Å². The zero-order valence-corrected chi connectivity index (χ0v) is 25.6. The first-order valence-corrected chi connectivity index (χ1v) is 13.0. The number of unbranched alkanes of at least 4 members (excludes halogenated alkanes) is 2. The maximum absolute atomic E-state index is 11.9. The summed E-state index contributed by atoms with van der Waals surface area (Å²) in [4.78, 5) is 0. The van der Waals surface area contributed by atoms with E-state index in [2.05, 4.69) is 62.4 Å². The molecule has 4 rings (SSSR count). The van der Waals surface area contributed by atoms with E-state index in [4.69, 9.17) is 10.2 Å². The molecule has 2 N–H and O–H groups in total. The quantitative estimate of drug-likeness (QED) is 0.160. The topological polar surface area (TPSA) is 40.5 Å². The van der Waals surface area contributed by atoms with Crippen LogP contribution in [-0.2, 0) is 51.4 Å². The molecular weight excluding hydrogens is 622 g/mol. The number of halogens is 6. The molecule has 4 aromatic carbocycles. The fourth-order valence-corrected chi connectivity index (χ4v) is 3.35. The number of rotatable bonds is 6. The molecule has 2 nitrogen and oxygen atoms in total. The van der Waals surface area contributed by atoms with Crippen LogP contribution in [-0.4, -0.2) is 10.2 Å². The summed E-state index contributed by atoms with van der Waals surface area (Å²) < 4.78 is 71.3. The molecule has 0 aromatic heterocycles. The molecule has 9 heteroatoms. The van der Waals surface area contributed by atoms with Crippen LogP contribution < -0.4 is 0 Å². The number of hydrogen-bond acceptors (Lipinski definition) is 2. The van der Waals surface area contributed by atoms with Crippen LogP contribution in [0.3, 0.4) is 0 Å². The summed E-state index contributed by atoms with van der Waals surface area (Å²) in [6.45, 7) is 4.45. The minimum Gasteiger partial charge on any atom is -0.507 e. The Morgan fingerprint density at radius 2 is 0.829 bits per heavy atom. The van der Waals surface area contributed by atoms with Crippen LogP contribution in [0.2, 0.25) is 0 Å². The number of para-hydroxylation sites is 2. The van der Waals surface area contributed by atoms with Gasteiger partial charge in [0, 0.05) is 0 Å². The van der Waals surface area contributed by atoms with Crippen molar-refractivity contribution in [2.24, 2.45) is 0 Å². The Morgan fingerprint density at radius 3 is 1.05 bits per heavy atom. The van der Waals surface area contributed by atoms with Gasteiger partial charge in [-0.25, -0.2) is 24.3 Å². The minimum absolute atomic E-state index is 0. The van der Waals surface area contributed by atoms with Crippen molar-refractivity contribution in [1.82, 2.24) is 0 Å². The molecule has 0 bridgehead atoms. The summed E-state index contributed by atoms with van der Waals surface area (Å²) in [5, 5.41) is 17.5.